The van der Waals surface area contributed by atoms with Gasteiger partial charge in [-0.1, -0.05) is 24.1 Å². The van der Waals surface area contributed by atoms with Crippen molar-refractivity contribution in [2.75, 3.05) is 13.1 Å². The summed E-state index contributed by atoms with van der Waals surface area (Å²) in [6.07, 6.45) is 4.18. The first-order chi connectivity index (χ1) is 9.31. The van der Waals surface area contributed by atoms with Gasteiger partial charge in [0.15, 0.2) is 0 Å². The Balaban J connectivity index is 2.04. The van der Waals surface area contributed by atoms with Gasteiger partial charge in [0.25, 0.3) is 5.91 Å². The van der Waals surface area contributed by atoms with Crippen LogP contribution in [0.1, 0.15) is 31.2 Å². The molecule has 1 atom stereocenters. The second-order valence-corrected chi connectivity index (χ2v) is 4.84. The maximum absolute atomic E-state index is 12.2. The van der Waals surface area contributed by atoms with Gasteiger partial charge < -0.3 is 10.6 Å². The van der Waals surface area contributed by atoms with Gasteiger partial charge in [-0.15, -0.1) is 0 Å². The topological polar surface area (TPSA) is 46.3 Å². The first-order valence-electron chi connectivity index (χ1n) is 6.89. The highest BCUT2D eigenvalue weighted by molar-refractivity contribution is 5.94. The molecular weight excluding hydrogens is 236 g/mol. The summed E-state index contributed by atoms with van der Waals surface area (Å²) >= 11 is 0. The molecule has 1 aromatic carbocycles. The van der Waals surface area contributed by atoms with Gasteiger partial charge in [-0.2, -0.15) is 0 Å². The maximum atomic E-state index is 12.2. The summed E-state index contributed by atoms with van der Waals surface area (Å²) < 4.78 is 0. The highest BCUT2D eigenvalue weighted by Gasteiger charge is 2.24. The van der Waals surface area contributed by atoms with E-state index in [0.717, 1.165) is 31.4 Å². The van der Waals surface area contributed by atoms with Gasteiger partial charge in [-0.05, 0) is 44.4 Å². The van der Waals surface area contributed by atoms with Crippen LogP contribution >= 0.6 is 0 Å². The molecule has 1 aromatic rings. The van der Waals surface area contributed by atoms with E-state index in [1.165, 1.54) is 6.42 Å². The standard InChI is InChI=1S/C16H20N2O/c17-12-11-15-8-4-5-13-18(15)16(19)10-9-14-6-2-1-3-7-14/h1-3,6-7,15H,4-5,8,11-13,17H2. The fourth-order valence-corrected chi connectivity index (χ4v) is 2.48. The monoisotopic (exact) mass is 256 g/mol. The highest BCUT2D eigenvalue weighted by Crippen LogP contribution is 2.19. The number of nitrogens with two attached hydrogens (primary N) is 1. The van der Waals surface area contributed by atoms with Crippen molar-refractivity contribution in [3.63, 3.8) is 0 Å². The van der Waals surface area contributed by atoms with Gasteiger partial charge in [-0.3, -0.25) is 4.79 Å². The van der Waals surface area contributed by atoms with Crippen LogP contribution in [0, 0.1) is 11.8 Å². The van der Waals surface area contributed by atoms with Crippen LogP contribution in [0.4, 0.5) is 0 Å². The second-order valence-electron chi connectivity index (χ2n) is 4.84. The largest absolute Gasteiger partial charge is 0.330 e. The summed E-state index contributed by atoms with van der Waals surface area (Å²) in [4.78, 5) is 14.1. The fourth-order valence-electron chi connectivity index (χ4n) is 2.48. The third-order valence-electron chi connectivity index (χ3n) is 3.48. The summed E-state index contributed by atoms with van der Waals surface area (Å²) in [5, 5.41) is 0. The summed E-state index contributed by atoms with van der Waals surface area (Å²) in [6.45, 7) is 1.44. The zero-order valence-electron chi connectivity index (χ0n) is 11.1. The van der Waals surface area contributed by atoms with Crippen LogP contribution in [0.2, 0.25) is 0 Å². The van der Waals surface area contributed by atoms with Crippen molar-refractivity contribution in [3.8, 4) is 11.8 Å². The minimum absolute atomic E-state index is 0.0676. The van der Waals surface area contributed by atoms with E-state index in [0.29, 0.717) is 6.54 Å². The van der Waals surface area contributed by atoms with E-state index in [9.17, 15) is 4.79 Å². The number of piperidine rings is 1. The van der Waals surface area contributed by atoms with Crippen LogP contribution in [0.5, 0.6) is 0 Å². The molecule has 100 valence electrons. The Morgan fingerprint density at radius 3 is 2.84 bits per heavy atom. The van der Waals surface area contributed by atoms with Crippen LogP contribution in [0.15, 0.2) is 30.3 Å². The van der Waals surface area contributed by atoms with Gasteiger partial charge in [-0.25, -0.2) is 0 Å². The van der Waals surface area contributed by atoms with E-state index in [2.05, 4.69) is 11.8 Å². The van der Waals surface area contributed by atoms with E-state index >= 15 is 0 Å². The van der Waals surface area contributed by atoms with Gasteiger partial charge >= 0.3 is 0 Å². The van der Waals surface area contributed by atoms with E-state index in [4.69, 9.17) is 5.73 Å². The van der Waals surface area contributed by atoms with Crippen LogP contribution in [-0.4, -0.2) is 29.9 Å². The first kappa shape index (κ1) is 13.6. The zero-order chi connectivity index (χ0) is 13.5. The predicted molar refractivity (Wildman–Crippen MR) is 76.3 cm³/mol. The zero-order valence-corrected chi connectivity index (χ0v) is 11.1. The number of nitrogens with zero attached hydrogens (tertiary/aromatic N) is 1. The van der Waals surface area contributed by atoms with Crippen molar-refractivity contribution in [2.45, 2.75) is 31.7 Å². The molecular formula is C16H20N2O. The molecule has 3 nitrogen and oxygen atoms in total. The molecule has 2 rings (SSSR count). The molecule has 1 heterocycles. The summed E-state index contributed by atoms with van der Waals surface area (Å²) in [6, 6.07) is 9.88. The molecule has 0 bridgehead atoms. The smallest absolute Gasteiger partial charge is 0.299 e. The van der Waals surface area contributed by atoms with E-state index < -0.39 is 0 Å². The van der Waals surface area contributed by atoms with Gasteiger partial charge in [0, 0.05) is 24.1 Å². The minimum Gasteiger partial charge on any atom is -0.330 e. The molecule has 1 fully saturated rings. The van der Waals surface area contributed by atoms with Crippen LogP contribution < -0.4 is 5.73 Å². The molecule has 3 heteroatoms. The van der Waals surface area contributed by atoms with Gasteiger partial charge in [0.2, 0.25) is 0 Å². The third-order valence-corrected chi connectivity index (χ3v) is 3.48. The fraction of sp³-hybridized carbons (Fsp3) is 0.438. The number of hydrogen-bond donors (Lipinski definition) is 1. The first-order valence-corrected chi connectivity index (χ1v) is 6.89. The molecule has 1 aliphatic heterocycles. The molecule has 0 spiro atoms. The molecule has 1 amide bonds. The molecule has 19 heavy (non-hydrogen) atoms. The number of carbonyl (C=O) groups excluding carboxylic acids is 1. The second kappa shape index (κ2) is 6.96. The Morgan fingerprint density at radius 1 is 1.32 bits per heavy atom. The van der Waals surface area contributed by atoms with E-state index in [1.807, 2.05) is 35.2 Å². The lowest BCUT2D eigenvalue weighted by molar-refractivity contribution is -0.128. The number of rotatable bonds is 2. The van der Waals surface area contributed by atoms with E-state index in [-0.39, 0.29) is 11.9 Å². The van der Waals surface area contributed by atoms with Crippen molar-refractivity contribution in [3.05, 3.63) is 35.9 Å². The Kier molecular flexibility index (Phi) is 5.00. The lowest BCUT2D eigenvalue weighted by Gasteiger charge is -2.34. The number of carbonyl (C=O) groups is 1. The van der Waals surface area contributed by atoms with Crippen molar-refractivity contribution < 1.29 is 4.79 Å². The lowest BCUT2D eigenvalue weighted by atomic mass is 9.99. The van der Waals surface area contributed by atoms with Crippen molar-refractivity contribution in [2.24, 2.45) is 5.73 Å². The van der Waals surface area contributed by atoms with Crippen LogP contribution in [-0.2, 0) is 4.79 Å². The summed E-state index contributed by atoms with van der Waals surface area (Å²) in [7, 11) is 0. The minimum atomic E-state index is -0.0676. The number of hydrogen-bond acceptors (Lipinski definition) is 2. The average Bonchev–Trinajstić information content (AvgIpc) is 2.47. The number of benzene rings is 1. The lowest BCUT2D eigenvalue weighted by Crippen LogP contribution is -2.44. The predicted octanol–water partition coefficient (Wildman–Crippen LogP) is 1.77. The quantitative estimate of drug-likeness (QED) is 0.820. The summed E-state index contributed by atoms with van der Waals surface area (Å²) in [5.74, 6) is 5.62. The molecule has 2 N–H and O–H groups in total. The average molecular weight is 256 g/mol. The molecule has 0 radical (unpaired) electrons. The van der Waals surface area contributed by atoms with Crippen LogP contribution in [0.3, 0.4) is 0 Å². The number of amides is 1. The molecule has 0 aliphatic carbocycles. The maximum Gasteiger partial charge on any atom is 0.299 e. The highest BCUT2D eigenvalue weighted by atomic mass is 16.2. The summed E-state index contributed by atoms with van der Waals surface area (Å²) in [5.41, 5.74) is 6.49. The van der Waals surface area contributed by atoms with Crippen LogP contribution in [0.25, 0.3) is 0 Å². The number of likely N-dealkylation sites (tertiary alicyclic amines) is 1. The van der Waals surface area contributed by atoms with Crippen molar-refractivity contribution in [1.82, 2.24) is 4.90 Å². The molecule has 1 aliphatic rings. The van der Waals surface area contributed by atoms with Gasteiger partial charge in [0.1, 0.15) is 0 Å². The van der Waals surface area contributed by atoms with E-state index in [1.54, 1.807) is 0 Å². The van der Waals surface area contributed by atoms with Crippen molar-refractivity contribution in [1.29, 1.82) is 0 Å². The Bertz CT molecular complexity index is 471. The molecule has 1 unspecified atom stereocenters. The normalized spacial score (nSPS) is 18.6. The molecule has 0 aromatic heterocycles. The van der Waals surface area contributed by atoms with Gasteiger partial charge in [0.05, 0.1) is 0 Å². The Labute approximate surface area is 114 Å². The molecule has 1 saturated heterocycles. The SMILES string of the molecule is NCCC1CCCCN1C(=O)C#Cc1ccccc1. The Hall–Kier alpha value is -1.79. The third kappa shape index (κ3) is 3.84. The molecule has 0 saturated carbocycles. The Morgan fingerprint density at radius 2 is 2.11 bits per heavy atom. The van der Waals surface area contributed by atoms with Crippen molar-refractivity contribution >= 4 is 5.91 Å².